The van der Waals surface area contributed by atoms with E-state index >= 15 is 0 Å². The fourth-order valence-corrected chi connectivity index (χ4v) is 2.41. The average molecular weight is 389 g/mol. The van der Waals surface area contributed by atoms with Crippen LogP contribution in [0.4, 0.5) is 0 Å². The highest BCUT2D eigenvalue weighted by Crippen LogP contribution is 2.26. The maximum absolute atomic E-state index is 11.8. The van der Waals surface area contributed by atoms with E-state index in [9.17, 15) is 4.79 Å². The molecule has 3 aromatic rings. The Morgan fingerprint density at radius 2 is 1.81 bits per heavy atom. The molecule has 0 aliphatic rings. The molecule has 0 aliphatic carbocycles. The molecule has 0 radical (unpaired) electrons. The molecule has 8 heteroatoms. The van der Waals surface area contributed by atoms with Gasteiger partial charge in [-0.05, 0) is 36.4 Å². The Morgan fingerprint density at radius 3 is 2.56 bits per heavy atom. The summed E-state index contributed by atoms with van der Waals surface area (Å²) in [5, 5.41) is 8.27. The summed E-state index contributed by atoms with van der Waals surface area (Å²) < 4.78 is 21.1. The van der Waals surface area contributed by atoms with E-state index in [-0.39, 0.29) is 31.4 Å². The molecule has 0 saturated heterocycles. The number of carbonyl (C=O) groups excluding carboxylic acids is 1. The summed E-state index contributed by atoms with van der Waals surface area (Å²) in [5.74, 6) is 1.41. The molecular formula is C19H17ClN2O5. The monoisotopic (exact) mass is 388 g/mol. The molecule has 1 heterocycles. The van der Waals surface area contributed by atoms with Crippen molar-refractivity contribution in [2.75, 3.05) is 13.7 Å². The standard InChI is InChI=1S/C19H17ClN2O5/c1-24-13-6-8-14(9-7-13)25-11-10-18(23)26-12-17-21-22-19(27-17)15-4-2-3-5-16(15)20/h2-9H,10-12H2,1H3. The van der Waals surface area contributed by atoms with Crippen LogP contribution in [0.2, 0.25) is 5.02 Å². The summed E-state index contributed by atoms with van der Waals surface area (Å²) in [7, 11) is 1.59. The Bertz CT molecular complexity index is 895. The number of ether oxygens (including phenoxy) is 3. The van der Waals surface area contributed by atoms with Crippen LogP contribution in [0.5, 0.6) is 11.5 Å². The number of methoxy groups -OCH3 is 1. The predicted molar refractivity (Wildman–Crippen MR) is 97.6 cm³/mol. The van der Waals surface area contributed by atoms with Gasteiger partial charge in [0, 0.05) is 0 Å². The Labute approximate surface area is 160 Å². The fourth-order valence-electron chi connectivity index (χ4n) is 2.19. The third-order valence-corrected chi connectivity index (χ3v) is 3.89. The van der Waals surface area contributed by atoms with Crippen LogP contribution < -0.4 is 9.47 Å². The van der Waals surface area contributed by atoms with E-state index in [1.165, 1.54) is 0 Å². The fraction of sp³-hybridized carbons (Fsp3) is 0.211. The van der Waals surface area contributed by atoms with E-state index in [1.54, 1.807) is 49.6 Å². The highest BCUT2D eigenvalue weighted by Gasteiger charge is 2.13. The molecule has 3 rings (SSSR count). The Morgan fingerprint density at radius 1 is 1.07 bits per heavy atom. The zero-order valence-electron chi connectivity index (χ0n) is 14.6. The first kappa shape index (κ1) is 18.7. The van der Waals surface area contributed by atoms with Gasteiger partial charge >= 0.3 is 5.97 Å². The summed E-state index contributed by atoms with van der Waals surface area (Å²) in [6.07, 6.45) is 0.0948. The van der Waals surface area contributed by atoms with E-state index in [0.29, 0.717) is 16.3 Å². The molecule has 0 spiro atoms. The lowest BCUT2D eigenvalue weighted by atomic mass is 10.2. The number of rotatable bonds is 8. The number of aromatic nitrogens is 2. The molecule has 140 valence electrons. The first-order chi connectivity index (χ1) is 13.2. The van der Waals surface area contributed by atoms with E-state index in [4.69, 9.17) is 30.2 Å². The minimum absolute atomic E-state index is 0.0948. The number of hydrogen-bond acceptors (Lipinski definition) is 7. The molecular weight excluding hydrogens is 372 g/mol. The van der Waals surface area contributed by atoms with Crippen molar-refractivity contribution in [3.8, 4) is 23.0 Å². The lowest BCUT2D eigenvalue weighted by Crippen LogP contribution is -2.10. The van der Waals surface area contributed by atoms with E-state index in [1.807, 2.05) is 6.07 Å². The van der Waals surface area contributed by atoms with Crippen molar-refractivity contribution >= 4 is 17.6 Å². The van der Waals surface area contributed by atoms with Gasteiger partial charge in [0.2, 0.25) is 5.89 Å². The SMILES string of the molecule is COc1ccc(OCCC(=O)OCc2nnc(-c3ccccc3Cl)o2)cc1. The topological polar surface area (TPSA) is 83.7 Å². The van der Waals surface area contributed by atoms with Crippen LogP contribution in [0, 0.1) is 0 Å². The number of esters is 1. The molecule has 0 fully saturated rings. The number of nitrogens with zero attached hydrogens (tertiary/aromatic N) is 2. The number of benzene rings is 2. The molecule has 0 bridgehead atoms. The number of halogens is 1. The summed E-state index contributed by atoms with van der Waals surface area (Å²) in [6, 6.07) is 14.2. The van der Waals surface area contributed by atoms with Gasteiger partial charge in [-0.2, -0.15) is 0 Å². The van der Waals surface area contributed by atoms with Gasteiger partial charge in [0.05, 0.1) is 30.7 Å². The minimum atomic E-state index is -0.430. The molecule has 0 unspecified atom stereocenters. The quantitative estimate of drug-likeness (QED) is 0.541. The smallest absolute Gasteiger partial charge is 0.309 e. The number of carbonyl (C=O) groups is 1. The van der Waals surface area contributed by atoms with Gasteiger partial charge in [-0.15, -0.1) is 10.2 Å². The summed E-state index contributed by atoms with van der Waals surface area (Å²) in [5.41, 5.74) is 0.622. The average Bonchev–Trinajstić information content (AvgIpc) is 3.16. The molecule has 27 heavy (non-hydrogen) atoms. The normalized spacial score (nSPS) is 10.4. The first-order valence-corrected chi connectivity index (χ1v) is 8.53. The van der Waals surface area contributed by atoms with Crippen LogP contribution in [0.15, 0.2) is 52.9 Å². The van der Waals surface area contributed by atoms with Gasteiger partial charge in [0.25, 0.3) is 5.89 Å². The molecule has 0 saturated carbocycles. The molecule has 0 N–H and O–H groups in total. The molecule has 0 amide bonds. The van der Waals surface area contributed by atoms with Gasteiger partial charge in [0.1, 0.15) is 11.5 Å². The molecule has 0 atom stereocenters. The third kappa shape index (κ3) is 5.21. The predicted octanol–water partition coefficient (Wildman–Crippen LogP) is 3.91. The lowest BCUT2D eigenvalue weighted by Gasteiger charge is -2.06. The largest absolute Gasteiger partial charge is 0.497 e. The molecule has 1 aromatic heterocycles. The van der Waals surface area contributed by atoms with Crippen LogP contribution >= 0.6 is 11.6 Å². The Hall–Kier alpha value is -3.06. The molecule has 7 nitrogen and oxygen atoms in total. The Balaban J connectivity index is 1.43. The van der Waals surface area contributed by atoms with Crippen LogP contribution in [0.25, 0.3) is 11.5 Å². The van der Waals surface area contributed by atoms with E-state index < -0.39 is 5.97 Å². The van der Waals surface area contributed by atoms with Gasteiger partial charge in [0.15, 0.2) is 6.61 Å². The summed E-state index contributed by atoms with van der Waals surface area (Å²) >= 11 is 6.09. The first-order valence-electron chi connectivity index (χ1n) is 8.15. The van der Waals surface area contributed by atoms with Crippen molar-refractivity contribution < 1.29 is 23.4 Å². The highest BCUT2D eigenvalue weighted by molar-refractivity contribution is 6.33. The second-order valence-electron chi connectivity index (χ2n) is 5.42. The van der Waals surface area contributed by atoms with Crippen LogP contribution in [-0.4, -0.2) is 29.9 Å². The third-order valence-electron chi connectivity index (χ3n) is 3.56. The second kappa shape index (κ2) is 9.05. The summed E-state index contributed by atoms with van der Waals surface area (Å²) in [4.78, 5) is 11.8. The van der Waals surface area contributed by atoms with Gasteiger partial charge < -0.3 is 18.6 Å². The van der Waals surface area contributed by atoms with Crippen LogP contribution in [-0.2, 0) is 16.1 Å². The van der Waals surface area contributed by atoms with E-state index in [2.05, 4.69) is 10.2 Å². The summed E-state index contributed by atoms with van der Waals surface area (Å²) in [6.45, 7) is 0.0820. The van der Waals surface area contributed by atoms with Crippen molar-refractivity contribution in [1.29, 1.82) is 0 Å². The maximum atomic E-state index is 11.8. The van der Waals surface area contributed by atoms with Crippen molar-refractivity contribution in [3.05, 3.63) is 59.4 Å². The number of hydrogen-bond donors (Lipinski definition) is 0. The maximum Gasteiger partial charge on any atom is 0.309 e. The highest BCUT2D eigenvalue weighted by atomic mass is 35.5. The minimum Gasteiger partial charge on any atom is -0.497 e. The Kier molecular flexibility index (Phi) is 6.27. The lowest BCUT2D eigenvalue weighted by molar-refractivity contribution is -0.146. The zero-order valence-corrected chi connectivity index (χ0v) is 15.3. The molecule has 2 aromatic carbocycles. The van der Waals surface area contributed by atoms with Crippen molar-refractivity contribution in [2.24, 2.45) is 0 Å². The van der Waals surface area contributed by atoms with Crippen LogP contribution in [0.3, 0.4) is 0 Å². The van der Waals surface area contributed by atoms with Crippen molar-refractivity contribution in [1.82, 2.24) is 10.2 Å². The second-order valence-corrected chi connectivity index (χ2v) is 5.82. The molecule has 0 aliphatic heterocycles. The van der Waals surface area contributed by atoms with Gasteiger partial charge in [-0.1, -0.05) is 23.7 Å². The van der Waals surface area contributed by atoms with Crippen LogP contribution in [0.1, 0.15) is 12.3 Å². The van der Waals surface area contributed by atoms with Gasteiger partial charge in [-0.3, -0.25) is 4.79 Å². The van der Waals surface area contributed by atoms with E-state index in [0.717, 1.165) is 5.75 Å². The van der Waals surface area contributed by atoms with Crippen molar-refractivity contribution in [3.63, 3.8) is 0 Å². The zero-order chi connectivity index (χ0) is 19.1. The van der Waals surface area contributed by atoms with Gasteiger partial charge in [-0.25, -0.2) is 0 Å². The van der Waals surface area contributed by atoms with Crippen molar-refractivity contribution in [2.45, 2.75) is 13.0 Å².